The molecule has 0 radical (unpaired) electrons. The molecule has 0 bridgehead atoms. The van der Waals surface area contributed by atoms with Crippen LogP contribution in [0.1, 0.15) is 22.8 Å². The van der Waals surface area contributed by atoms with Crippen LogP contribution in [0.15, 0.2) is 71.8 Å². The Kier molecular flexibility index (Phi) is 8.74. The molecule has 0 aliphatic rings. The molecule has 0 spiro atoms. The molecule has 3 rings (SSSR count). The number of hydrogen-bond donors (Lipinski definition) is 2. The maximum Gasteiger partial charge on any atom is 0.271 e. The first-order chi connectivity index (χ1) is 16.9. The number of rotatable bonds is 10. The average Bonchev–Trinajstić information content (AvgIpc) is 2.85. The maximum atomic E-state index is 12.2. The van der Waals surface area contributed by atoms with Crippen molar-refractivity contribution in [2.45, 2.75) is 6.92 Å². The van der Waals surface area contributed by atoms with Crippen molar-refractivity contribution in [3.05, 3.63) is 93.0 Å². The number of para-hydroxylation sites is 1. The lowest BCUT2D eigenvalue weighted by Gasteiger charge is -2.13. The summed E-state index contributed by atoms with van der Waals surface area (Å²) in [6, 6.07) is 16.9. The maximum absolute atomic E-state index is 12.2. The summed E-state index contributed by atoms with van der Waals surface area (Å²) >= 11 is 6.04. The van der Waals surface area contributed by atoms with Crippen LogP contribution in [0.3, 0.4) is 0 Å². The summed E-state index contributed by atoms with van der Waals surface area (Å²) in [5, 5.41) is 17.7. The van der Waals surface area contributed by atoms with E-state index in [0.29, 0.717) is 34.4 Å². The standard InChI is InChI=1S/C24H21ClN4O6/c1-2-34-22-13-16(14-26-28-24(31)17-8-10-18(11-9-17)29(32)33)7-12-21(22)35-15-23(30)27-20-6-4-3-5-19(20)25/h3-14H,2,15H2,1H3,(H,27,30)(H,28,31)/b26-14+. The van der Waals surface area contributed by atoms with Gasteiger partial charge in [0.25, 0.3) is 17.5 Å². The highest BCUT2D eigenvalue weighted by atomic mass is 35.5. The molecular weight excluding hydrogens is 476 g/mol. The first-order valence-corrected chi connectivity index (χ1v) is 10.8. The van der Waals surface area contributed by atoms with E-state index in [0.717, 1.165) is 0 Å². The fourth-order valence-electron chi connectivity index (χ4n) is 2.85. The zero-order chi connectivity index (χ0) is 25.2. The van der Waals surface area contributed by atoms with Crippen LogP contribution in [-0.4, -0.2) is 36.2 Å². The third-order valence-corrected chi connectivity index (χ3v) is 4.82. The Morgan fingerprint density at radius 3 is 2.49 bits per heavy atom. The third-order valence-electron chi connectivity index (χ3n) is 4.49. The fraction of sp³-hybridized carbons (Fsp3) is 0.125. The summed E-state index contributed by atoms with van der Waals surface area (Å²) in [5.41, 5.74) is 3.55. The van der Waals surface area contributed by atoms with Gasteiger partial charge in [0.2, 0.25) is 0 Å². The molecule has 0 atom stereocenters. The van der Waals surface area contributed by atoms with E-state index in [-0.39, 0.29) is 23.8 Å². The highest BCUT2D eigenvalue weighted by molar-refractivity contribution is 6.33. The van der Waals surface area contributed by atoms with E-state index in [4.69, 9.17) is 21.1 Å². The molecule has 0 saturated heterocycles. The van der Waals surface area contributed by atoms with Crippen molar-refractivity contribution in [1.82, 2.24) is 5.43 Å². The number of carbonyl (C=O) groups is 2. The molecular formula is C24H21ClN4O6. The predicted molar refractivity (Wildman–Crippen MR) is 131 cm³/mol. The van der Waals surface area contributed by atoms with Gasteiger partial charge in [-0.2, -0.15) is 5.10 Å². The smallest absolute Gasteiger partial charge is 0.271 e. The van der Waals surface area contributed by atoms with Crippen LogP contribution in [0.25, 0.3) is 0 Å². The Bertz CT molecular complexity index is 1250. The van der Waals surface area contributed by atoms with Crippen LogP contribution in [0.4, 0.5) is 11.4 Å². The number of non-ortho nitro benzene ring substituents is 1. The summed E-state index contributed by atoms with van der Waals surface area (Å²) in [4.78, 5) is 34.5. The SMILES string of the molecule is CCOc1cc(/C=N/NC(=O)c2ccc([N+](=O)[O-])cc2)ccc1OCC(=O)Nc1ccccc1Cl. The molecule has 11 heteroatoms. The third kappa shape index (κ3) is 7.27. The summed E-state index contributed by atoms with van der Waals surface area (Å²) in [6.07, 6.45) is 1.40. The number of anilines is 1. The highest BCUT2D eigenvalue weighted by Crippen LogP contribution is 2.28. The van der Waals surface area contributed by atoms with E-state index in [9.17, 15) is 19.7 Å². The molecule has 0 aliphatic heterocycles. The molecule has 0 heterocycles. The second-order valence-electron chi connectivity index (χ2n) is 6.96. The largest absolute Gasteiger partial charge is 0.490 e. The number of nitro groups is 1. The van der Waals surface area contributed by atoms with Gasteiger partial charge < -0.3 is 14.8 Å². The van der Waals surface area contributed by atoms with Crippen molar-refractivity contribution in [3.8, 4) is 11.5 Å². The monoisotopic (exact) mass is 496 g/mol. The van der Waals surface area contributed by atoms with Gasteiger partial charge in [-0.3, -0.25) is 19.7 Å². The van der Waals surface area contributed by atoms with Crippen molar-refractivity contribution >= 4 is 41.0 Å². The molecule has 2 N–H and O–H groups in total. The fourth-order valence-corrected chi connectivity index (χ4v) is 3.03. The van der Waals surface area contributed by atoms with Gasteiger partial charge in [-0.1, -0.05) is 23.7 Å². The van der Waals surface area contributed by atoms with E-state index in [2.05, 4.69) is 15.8 Å². The van der Waals surface area contributed by atoms with Crippen LogP contribution in [-0.2, 0) is 4.79 Å². The first-order valence-electron chi connectivity index (χ1n) is 10.4. The van der Waals surface area contributed by atoms with E-state index in [1.807, 2.05) is 0 Å². The Hall–Kier alpha value is -4.44. The normalized spacial score (nSPS) is 10.6. The lowest BCUT2D eigenvalue weighted by molar-refractivity contribution is -0.384. The number of amides is 2. The number of nitrogens with one attached hydrogen (secondary N) is 2. The van der Waals surface area contributed by atoms with Gasteiger partial charge in [-0.05, 0) is 55.0 Å². The minimum absolute atomic E-state index is 0.114. The number of nitro benzene ring substituents is 1. The van der Waals surface area contributed by atoms with E-state index >= 15 is 0 Å². The van der Waals surface area contributed by atoms with E-state index in [1.165, 1.54) is 30.5 Å². The summed E-state index contributed by atoms with van der Waals surface area (Å²) in [7, 11) is 0. The Labute approximate surface area is 205 Å². The Morgan fingerprint density at radius 1 is 1.06 bits per heavy atom. The second-order valence-corrected chi connectivity index (χ2v) is 7.37. The molecule has 0 saturated carbocycles. The topological polar surface area (TPSA) is 132 Å². The molecule has 0 aliphatic carbocycles. The van der Waals surface area contributed by atoms with Gasteiger partial charge in [0.05, 0.1) is 28.5 Å². The van der Waals surface area contributed by atoms with Crippen LogP contribution >= 0.6 is 11.6 Å². The average molecular weight is 497 g/mol. The van der Waals surface area contributed by atoms with Crippen molar-refractivity contribution < 1.29 is 24.0 Å². The number of nitrogens with zero attached hydrogens (tertiary/aromatic N) is 2. The highest BCUT2D eigenvalue weighted by Gasteiger charge is 2.11. The van der Waals surface area contributed by atoms with Gasteiger partial charge in [0.15, 0.2) is 18.1 Å². The van der Waals surface area contributed by atoms with Crippen molar-refractivity contribution in [2.24, 2.45) is 5.10 Å². The van der Waals surface area contributed by atoms with Crippen LogP contribution in [0.5, 0.6) is 11.5 Å². The number of hydrazone groups is 1. The zero-order valence-electron chi connectivity index (χ0n) is 18.6. The van der Waals surface area contributed by atoms with Gasteiger partial charge >= 0.3 is 0 Å². The summed E-state index contributed by atoms with van der Waals surface area (Å²) < 4.78 is 11.2. The molecule has 0 unspecified atom stereocenters. The summed E-state index contributed by atoms with van der Waals surface area (Å²) in [5.74, 6) is -0.164. The van der Waals surface area contributed by atoms with Crippen molar-refractivity contribution in [2.75, 3.05) is 18.5 Å². The second kappa shape index (κ2) is 12.1. The van der Waals surface area contributed by atoms with Crippen LogP contribution in [0, 0.1) is 10.1 Å². The summed E-state index contributed by atoms with van der Waals surface area (Å²) in [6.45, 7) is 1.91. The zero-order valence-corrected chi connectivity index (χ0v) is 19.3. The molecule has 3 aromatic carbocycles. The number of hydrogen-bond acceptors (Lipinski definition) is 7. The van der Waals surface area contributed by atoms with Crippen molar-refractivity contribution in [3.63, 3.8) is 0 Å². The van der Waals surface area contributed by atoms with Crippen LogP contribution in [0.2, 0.25) is 5.02 Å². The van der Waals surface area contributed by atoms with Gasteiger partial charge in [-0.15, -0.1) is 0 Å². The lowest BCUT2D eigenvalue weighted by atomic mass is 10.2. The van der Waals surface area contributed by atoms with Crippen molar-refractivity contribution in [1.29, 1.82) is 0 Å². The number of carbonyl (C=O) groups excluding carboxylic acids is 2. The molecule has 0 aromatic heterocycles. The van der Waals surface area contributed by atoms with Gasteiger partial charge in [-0.25, -0.2) is 5.43 Å². The quantitative estimate of drug-likeness (QED) is 0.242. The van der Waals surface area contributed by atoms with Gasteiger partial charge in [0, 0.05) is 17.7 Å². The molecule has 10 nitrogen and oxygen atoms in total. The Balaban J connectivity index is 1.60. The minimum atomic E-state index is -0.547. The Morgan fingerprint density at radius 2 is 1.80 bits per heavy atom. The molecule has 35 heavy (non-hydrogen) atoms. The number of benzene rings is 3. The number of halogens is 1. The van der Waals surface area contributed by atoms with Gasteiger partial charge in [0.1, 0.15) is 0 Å². The van der Waals surface area contributed by atoms with E-state index < -0.39 is 10.8 Å². The van der Waals surface area contributed by atoms with Crippen LogP contribution < -0.4 is 20.2 Å². The molecule has 0 fully saturated rings. The molecule has 2 amide bonds. The minimum Gasteiger partial charge on any atom is -0.490 e. The van der Waals surface area contributed by atoms with E-state index in [1.54, 1.807) is 49.4 Å². The lowest BCUT2D eigenvalue weighted by Crippen LogP contribution is -2.20. The molecule has 180 valence electrons. The first kappa shape index (κ1) is 25.2. The predicted octanol–water partition coefficient (Wildman–Crippen LogP) is 4.43. The number of ether oxygens (including phenoxy) is 2. The molecule has 3 aromatic rings.